The first-order valence-electron chi connectivity index (χ1n) is 3.30. The van der Waals surface area contributed by atoms with Crippen LogP contribution in [0.4, 0.5) is 0 Å². The fourth-order valence-corrected chi connectivity index (χ4v) is 1.63. The highest BCUT2D eigenvalue weighted by Gasteiger charge is 1.98. The van der Waals surface area contributed by atoms with Crippen LogP contribution >= 0.6 is 11.3 Å². The fourth-order valence-electron chi connectivity index (χ4n) is 0.827. The molecule has 0 aliphatic heterocycles. The minimum Gasteiger partial charge on any atom is -0.242 e. The second-order valence-corrected chi connectivity index (χ2v) is 3.58. The lowest BCUT2D eigenvalue weighted by Gasteiger charge is -1.82. The molecule has 0 radical (unpaired) electrons. The van der Waals surface area contributed by atoms with E-state index in [1.807, 2.05) is 19.9 Å². The predicted octanol–water partition coefficient (Wildman–Crippen LogP) is 2.41. The van der Waals surface area contributed by atoms with Gasteiger partial charge in [-0.3, -0.25) is 0 Å². The van der Waals surface area contributed by atoms with Crippen molar-refractivity contribution >= 4 is 17.4 Å². The Labute approximate surface area is 70.8 Å². The van der Waals surface area contributed by atoms with Crippen LogP contribution in [-0.4, -0.2) is 4.98 Å². The van der Waals surface area contributed by atoms with Gasteiger partial charge in [0.1, 0.15) is 0 Å². The zero-order valence-electron chi connectivity index (χ0n) is 6.59. The first kappa shape index (κ1) is 8.03. The van der Waals surface area contributed by atoms with Crippen molar-refractivity contribution in [1.29, 1.82) is 0 Å². The molecule has 0 atom stereocenters. The molecule has 0 fully saturated rings. The number of allylic oxidation sites excluding steroid dienone is 1. The van der Waals surface area contributed by atoms with Crippen molar-refractivity contribution in [2.75, 3.05) is 0 Å². The molecule has 0 aliphatic rings. The van der Waals surface area contributed by atoms with Gasteiger partial charge < -0.3 is 0 Å². The van der Waals surface area contributed by atoms with Crippen LogP contribution in [0.3, 0.4) is 0 Å². The molecule has 0 aliphatic carbocycles. The zero-order chi connectivity index (χ0) is 8.27. The lowest BCUT2D eigenvalue weighted by Crippen LogP contribution is -1.73. The summed E-state index contributed by atoms with van der Waals surface area (Å²) in [5.74, 6) is 2.44. The van der Waals surface area contributed by atoms with Crippen LogP contribution in [0.25, 0.3) is 6.08 Å². The Bertz CT molecular complexity index is 315. The Hall–Kier alpha value is -1.07. The number of hydrogen-bond acceptors (Lipinski definition) is 2. The molecule has 0 bridgehead atoms. The van der Waals surface area contributed by atoms with Crippen LogP contribution in [0.15, 0.2) is 6.08 Å². The predicted molar refractivity (Wildman–Crippen MR) is 49.5 cm³/mol. The third kappa shape index (κ3) is 1.92. The van der Waals surface area contributed by atoms with E-state index in [2.05, 4.69) is 10.9 Å². The molecule has 0 saturated heterocycles. The lowest BCUT2D eigenvalue weighted by molar-refractivity contribution is 1.26. The number of thiazole rings is 1. The lowest BCUT2D eigenvalue weighted by atomic mass is 10.3. The van der Waals surface area contributed by atoms with Gasteiger partial charge in [0.05, 0.1) is 10.7 Å². The van der Waals surface area contributed by atoms with E-state index in [0.29, 0.717) is 0 Å². The average Bonchev–Trinajstić information content (AvgIpc) is 2.26. The number of rotatable bonds is 1. The van der Waals surface area contributed by atoms with Gasteiger partial charge >= 0.3 is 0 Å². The molecule has 0 N–H and O–H groups in total. The van der Waals surface area contributed by atoms with Gasteiger partial charge in [0.2, 0.25) is 0 Å². The normalized spacial score (nSPS) is 10.3. The SMILES string of the molecule is C#CC=Cc1nc(C)sc1C. The van der Waals surface area contributed by atoms with Crippen LogP contribution in [-0.2, 0) is 0 Å². The van der Waals surface area contributed by atoms with Crippen LogP contribution in [0.1, 0.15) is 15.6 Å². The van der Waals surface area contributed by atoms with Gasteiger partial charge in [-0.1, -0.05) is 5.92 Å². The van der Waals surface area contributed by atoms with Gasteiger partial charge in [0, 0.05) is 4.88 Å². The molecule has 0 spiro atoms. The van der Waals surface area contributed by atoms with E-state index in [1.165, 1.54) is 4.88 Å². The smallest absolute Gasteiger partial charge is 0.0904 e. The van der Waals surface area contributed by atoms with Gasteiger partial charge in [-0.25, -0.2) is 4.98 Å². The third-order valence-electron chi connectivity index (χ3n) is 1.28. The van der Waals surface area contributed by atoms with E-state index in [1.54, 1.807) is 17.4 Å². The molecule has 1 rings (SSSR count). The summed E-state index contributed by atoms with van der Waals surface area (Å²) in [5, 5.41) is 1.08. The maximum atomic E-state index is 5.07. The summed E-state index contributed by atoms with van der Waals surface area (Å²) >= 11 is 1.69. The summed E-state index contributed by atoms with van der Waals surface area (Å²) in [6.45, 7) is 4.03. The second-order valence-electron chi connectivity index (χ2n) is 2.17. The van der Waals surface area contributed by atoms with Crippen LogP contribution in [0, 0.1) is 26.2 Å². The number of terminal acetylenes is 1. The van der Waals surface area contributed by atoms with Gasteiger partial charge in [0.15, 0.2) is 0 Å². The maximum Gasteiger partial charge on any atom is 0.0904 e. The van der Waals surface area contributed by atoms with E-state index in [-0.39, 0.29) is 0 Å². The van der Waals surface area contributed by atoms with Gasteiger partial charge in [0.25, 0.3) is 0 Å². The summed E-state index contributed by atoms with van der Waals surface area (Å²) < 4.78 is 0. The van der Waals surface area contributed by atoms with Crippen molar-refractivity contribution in [2.24, 2.45) is 0 Å². The van der Waals surface area contributed by atoms with Crippen LogP contribution in [0.5, 0.6) is 0 Å². The van der Waals surface area contributed by atoms with E-state index >= 15 is 0 Å². The van der Waals surface area contributed by atoms with Gasteiger partial charge in [-0.15, -0.1) is 17.8 Å². The molecule has 2 heteroatoms. The minimum absolute atomic E-state index is 0.991. The number of aromatic nitrogens is 1. The highest BCUT2D eigenvalue weighted by atomic mass is 32.1. The molecule has 1 aromatic heterocycles. The number of aryl methyl sites for hydroxylation is 2. The second kappa shape index (κ2) is 3.36. The van der Waals surface area contributed by atoms with Crippen LogP contribution in [0.2, 0.25) is 0 Å². The molecular formula is C9H9NS. The highest BCUT2D eigenvalue weighted by molar-refractivity contribution is 7.11. The Morgan fingerprint density at radius 2 is 2.27 bits per heavy atom. The molecule has 1 nitrogen and oxygen atoms in total. The van der Waals surface area contributed by atoms with Crippen molar-refractivity contribution < 1.29 is 0 Å². The molecule has 0 saturated carbocycles. The van der Waals surface area contributed by atoms with Crippen molar-refractivity contribution in [2.45, 2.75) is 13.8 Å². The summed E-state index contributed by atoms with van der Waals surface area (Å²) in [7, 11) is 0. The molecule has 11 heavy (non-hydrogen) atoms. The van der Waals surface area contributed by atoms with Crippen molar-refractivity contribution in [1.82, 2.24) is 4.98 Å². The van der Waals surface area contributed by atoms with Gasteiger partial charge in [-0.2, -0.15) is 0 Å². The standard InChI is InChI=1S/C9H9NS/c1-4-5-6-9-7(2)11-8(3)10-9/h1,5-6H,2-3H3. The van der Waals surface area contributed by atoms with E-state index in [4.69, 9.17) is 6.42 Å². The fraction of sp³-hybridized carbons (Fsp3) is 0.222. The Balaban J connectivity index is 2.96. The van der Waals surface area contributed by atoms with E-state index in [9.17, 15) is 0 Å². The number of nitrogens with zero attached hydrogens (tertiary/aromatic N) is 1. The Kier molecular flexibility index (Phi) is 2.45. The summed E-state index contributed by atoms with van der Waals surface area (Å²) in [6, 6.07) is 0. The summed E-state index contributed by atoms with van der Waals surface area (Å²) in [5.41, 5.74) is 0.991. The number of hydrogen-bond donors (Lipinski definition) is 0. The molecule has 1 heterocycles. The largest absolute Gasteiger partial charge is 0.242 e. The summed E-state index contributed by atoms with van der Waals surface area (Å²) in [4.78, 5) is 5.50. The van der Waals surface area contributed by atoms with Crippen LogP contribution < -0.4 is 0 Å². The first-order valence-corrected chi connectivity index (χ1v) is 4.12. The molecular weight excluding hydrogens is 154 g/mol. The minimum atomic E-state index is 0.991. The highest BCUT2D eigenvalue weighted by Crippen LogP contribution is 2.17. The molecule has 56 valence electrons. The maximum absolute atomic E-state index is 5.07. The van der Waals surface area contributed by atoms with E-state index < -0.39 is 0 Å². The topological polar surface area (TPSA) is 12.9 Å². The average molecular weight is 163 g/mol. The first-order chi connectivity index (χ1) is 5.24. The summed E-state index contributed by atoms with van der Waals surface area (Å²) in [6.07, 6.45) is 8.60. The zero-order valence-corrected chi connectivity index (χ0v) is 7.40. The Morgan fingerprint density at radius 3 is 2.73 bits per heavy atom. The monoisotopic (exact) mass is 163 g/mol. The van der Waals surface area contributed by atoms with Crippen molar-refractivity contribution in [3.05, 3.63) is 21.7 Å². The van der Waals surface area contributed by atoms with Crippen molar-refractivity contribution in [3.63, 3.8) is 0 Å². The molecule has 0 aromatic carbocycles. The molecule has 1 aromatic rings. The van der Waals surface area contributed by atoms with Gasteiger partial charge in [-0.05, 0) is 26.0 Å². The Morgan fingerprint density at radius 1 is 1.55 bits per heavy atom. The molecule has 0 amide bonds. The van der Waals surface area contributed by atoms with Crippen molar-refractivity contribution in [3.8, 4) is 12.3 Å². The third-order valence-corrected chi connectivity index (χ3v) is 2.18. The molecule has 0 unspecified atom stereocenters. The quantitative estimate of drug-likeness (QED) is 0.579. The van der Waals surface area contributed by atoms with E-state index in [0.717, 1.165) is 10.7 Å².